The molecule has 0 saturated carbocycles. The molecule has 1 aliphatic rings. The van der Waals surface area contributed by atoms with E-state index in [2.05, 4.69) is 52.1 Å². The predicted molar refractivity (Wildman–Crippen MR) is 76.2 cm³/mol. The molecule has 3 heteroatoms. The van der Waals surface area contributed by atoms with Gasteiger partial charge in [0.05, 0.1) is 0 Å². The van der Waals surface area contributed by atoms with Gasteiger partial charge in [-0.3, -0.25) is 0 Å². The highest BCUT2D eigenvalue weighted by atomic mass is 79.9. The highest BCUT2D eigenvalue weighted by Crippen LogP contribution is 2.34. The Bertz CT molecular complexity index is 367. The van der Waals surface area contributed by atoms with Gasteiger partial charge in [0.25, 0.3) is 0 Å². The van der Waals surface area contributed by atoms with E-state index < -0.39 is 0 Å². The SMILES string of the molecule is CN1CCCC(C(CN)c2ccccc2Br)C1. The molecular weight excluding hydrogens is 276 g/mol. The normalized spacial score (nSPS) is 23.6. The smallest absolute Gasteiger partial charge is 0.0210 e. The van der Waals surface area contributed by atoms with E-state index in [4.69, 9.17) is 5.73 Å². The molecule has 0 aromatic heterocycles. The minimum Gasteiger partial charge on any atom is -0.330 e. The first-order chi connectivity index (χ1) is 8.22. The van der Waals surface area contributed by atoms with Gasteiger partial charge in [-0.1, -0.05) is 34.1 Å². The Balaban J connectivity index is 2.18. The Morgan fingerprint density at radius 1 is 1.47 bits per heavy atom. The molecule has 1 saturated heterocycles. The fourth-order valence-electron chi connectivity index (χ4n) is 2.88. The lowest BCUT2D eigenvalue weighted by atomic mass is 9.81. The van der Waals surface area contributed by atoms with Crippen molar-refractivity contribution in [3.05, 3.63) is 34.3 Å². The third-order valence-electron chi connectivity index (χ3n) is 3.79. The number of hydrogen-bond donors (Lipinski definition) is 1. The number of rotatable bonds is 3. The zero-order valence-electron chi connectivity index (χ0n) is 10.4. The van der Waals surface area contributed by atoms with Crippen molar-refractivity contribution in [2.45, 2.75) is 18.8 Å². The summed E-state index contributed by atoms with van der Waals surface area (Å²) in [6.45, 7) is 3.13. The monoisotopic (exact) mass is 296 g/mol. The van der Waals surface area contributed by atoms with Gasteiger partial charge in [-0.25, -0.2) is 0 Å². The highest BCUT2D eigenvalue weighted by Gasteiger charge is 2.27. The lowest BCUT2D eigenvalue weighted by molar-refractivity contribution is 0.188. The first-order valence-corrected chi connectivity index (χ1v) is 7.14. The molecular formula is C14H21BrN2. The third-order valence-corrected chi connectivity index (χ3v) is 4.51. The Hall–Kier alpha value is -0.380. The first kappa shape index (κ1) is 13.1. The van der Waals surface area contributed by atoms with Crippen molar-refractivity contribution in [3.8, 4) is 0 Å². The molecule has 1 fully saturated rings. The summed E-state index contributed by atoms with van der Waals surface area (Å²) >= 11 is 3.65. The van der Waals surface area contributed by atoms with Crippen LogP contribution in [0.3, 0.4) is 0 Å². The molecule has 1 aliphatic heterocycles. The fraction of sp³-hybridized carbons (Fsp3) is 0.571. The van der Waals surface area contributed by atoms with Crippen molar-refractivity contribution in [1.82, 2.24) is 4.90 Å². The van der Waals surface area contributed by atoms with Crippen LogP contribution in [0.15, 0.2) is 28.7 Å². The summed E-state index contributed by atoms with van der Waals surface area (Å²) in [5.41, 5.74) is 7.38. The van der Waals surface area contributed by atoms with Gasteiger partial charge in [-0.2, -0.15) is 0 Å². The molecule has 2 unspecified atom stereocenters. The fourth-order valence-corrected chi connectivity index (χ4v) is 3.46. The van der Waals surface area contributed by atoms with Crippen molar-refractivity contribution in [2.75, 3.05) is 26.7 Å². The van der Waals surface area contributed by atoms with Crippen LogP contribution in [0.2, 0.25) is 0 Å². The third kappa shape index (κ3) is 3.09. The standard InChI is InChI=1S/C14H21BrN2/c1-17-8-4-5-11(10-17)13(9-16)12-6-2-3-7-14(12)15/h2-3,6-7,11,13H,4-5,8-10,16H2,1H3. The molecule has 2 nitrogen and oxygen atoms in total. The Morgan fingerprint density at radius 3 is 2.88 bits per heavy atom. The van der Waals surface area contributed by atoms with E-state index >= 15 is 0 Å². The summed E-state index contributed by atoms with van der Waals surface area (Å²) in [4.78, 5) is 2.42. The van der Waals surface area contributed by atoms with Gasteiger partial charge < -0.3 is 10.6 Å². The van der Waals surface area contributed by atoms with E-state index in [1.54, 1.807) is 0 Å². The number of hydrogen-bond acceptors (Lipinski definition) is 2. The maximum Gasteiger partial charge on any atom is 0.0210 e. The lowest BCUT2D eigenvalue weighted by Gasteiger charge is -2.35. The number of benzene rings is 1. The Morgan fingerprint density at radius 2 is 2.24 bits per heavy atom. The van der Waals surface area contributed by atoms with E-state index in [1.165, 1.54) is 36.0 Å². The largest absolute Gasteiger partial charge is 0.330 e. The summed E-state index contributed by atoms with van der Waals surface area (Å²) in [6, 6.07) is 8.49. The van der Waals surface area contributed by atoms with Gasteiger partial charge in [0.15, 0.2) is 0 Å². The van der Waals surface area contributed by atoms with Gasteiger partial charge in [0.2, 0.25) is 0 Å². The highest BCUT2D eigenvalue weighted by molar-refractivity contribution is 9.10. The van der Waals surface area contributed by atoms with E-state index in [1.807, 2.05) is 0 Å². The summed E-state index contributed by atoms with van der Waals surface area (Å²) in [5.74, 6) is 1.17. The van der Waals surface area contributed by atoms with Gasteiger partial charge >= 0.3 is 0 Å². The van der Waals surface area contributed by atoms with Crippen molar-refractivity contribution >= 4 is 15.9 Å². The van der Waals surface area contributed by atoms with E-state index in [9.17, 15) is 0 Å². The average molecular weight is 297 g/mol. The summed E-state index contributed by atoms with van der Waals surface area (Å²) < 4.78 is 1.20. The Kier molecular flexibility index (Phi) is 4.60. The maximum atomic E-state index is 6.01. The van der Waals surface area contributed by atoms with Crippen molar-refractivity contribution in [1.29, 1.82) is 0 Å². The molecule has 17 heavy (non-hydrogen) atoms. The molecule has 1 heterocycles. The van der Waals surface area contributed by atoms with Gasteiger partial charge in [-0.05, 0) is 50.5 Å². The Labute approximate surface area is 112 Å². The van der Waals surface area contributed by atoms with Crippen molar-refractivity contribution in [2.24, 2.45) is 11.7 Å². The predicted octanol–water partition coefficient (Wildman–Crippen LogP) is 2.83. The molecule has 0 radical (unpaired) electrons. The molecule has 0 spiro atoms. The van der Waals surface area contributed by atoms with E-state index in [-0.39, 0.29) is 0 Å². The maximum absolute atomic E-state index is 6.01. The number of likely N-dealkylation sites (tertiary alicyclic amines) is 1. The van der Waals surface area contributed by atoms with Crippen LogP contribution in [0.5, 0.6) is 0 Å². The minimum absolute atomic E-state index is 0.480. The number of nitrogens with zero attached hydrogens (tertiary/aromatic N) is 1. The van der Waals surface area contributed by atoms with Crippen LogP contribution in [0.4, 0.5) is 0 Å². The zero-order valence-corrected chi connectivity index (χ0v) is 12.0. The first-order valence-electron chi connectivity index (χ1n) is 6.35. The lowest BCUT2D eigenvalue weighted by Crippen LogP contribution is -2.37. The molecule has 0 aliphatic carbocycles. The van der Waals surface area contributed by atoms with Crippen LogP contribution in [0.25, 0.3) is 0 Å². The second-order valence-electron chi connectivity index (χ2n) is 5.03. The zero-order chi connectivity index (χ0) is 12.3. The topological polar surface area (TPSA) is 29.3 Å². The van der Waals surface area contributed by atoms with Crippen LogP contribution in [0.1, 0.15) is 24.3 Å². The van der Waals surface area contributed by atoms with Gasteiger partial charge in [0.1, 0.15) is 0 Å². The molecule has 94 valence electrons. The second-order valence-corrected chi connectivity index (χ2v) is 5.88. The summed E-state index contributed by atoms with van der Waals surface area (Å²) in [7, 11) is 2.21. The summed E-state index contributed by atoms with van der Waals surface area (Å²) in [5, 5.41) is 0. The minimum atomic E-state index is 0.480. The van der Waals surface area contributed by atoms with Crippen LogP contribution in [0, 0.1) is 5.92 Å². The van der Waals surface area contributed by atoms with Crippen LogP contribution >= 0.6 is 15.9 Å². The molecule has 2 rings (SSSR count). The van der Waals surface area contributed by atoms with Crippen molar-refractivity contribution in [3.63, 3.8) is 0 Å². The molecule has 2 N–H and O–H groups in total. The van der Waals surface area contributed by atoms with Crippen LogP contribution in [-0.2, 0) is 0 Å². The molecule has 1 aromatic rings. The van der Waals surface area contributed by atoms with E-state index in [0.717, 1.165) is 6.54 Å². The number of piperidine rings is 1. The van der Waals surface area contributed by atoms with E-state index in [0.29, 0.717) is 11.8 Å². The van der Waals surface area contributed by atoms with Crippen molar-refractivity contribution < 1.29 is 0 Å². The molecule has 1 aromatic carbocycles. The molecule has 2 atom stereocenters. The average Bonchev–Trinajstić information content (AvgIpc) is 2.33. The van der Waals surface area contributed by atoms with Crippen LogP contribution < -0.4 is 5.73 Å². The molecule has 0 bridgehead atoms. The quantitative estimate of drug-likeness (QED) is 0.929. The number of halogens is 1. The summed E-state index contributed by atoms with van der Waals surface area (Å²) in [6.07, 6.45) is 2.59. The van der Waals surface area contributed by atoms with Gasteiger partial charge in [-0.15, -0.1) is 0 Å². The van der Waals surface area contributed by atoms with Gasteiger partial charge in [0, 0.05) is 16.9 Å². The van der Waals surface area contributed by atoms with Crippen LogP contribution in [-0.4, -0.2) is 31.6 Å². The molecule has 0 amide bonds. The number of nitrogens with two attached hydrogens (primary N) is 1. The second kappa shape index (κ2) is 5.98.